The molecule has 0 fully saturated rings. The molecule has 0 radical (unpaired) electrons. The molecule has 0 saturated carbocycles. The first kappa shape index (κ1) is 13.9. The zero-order valence-electron chi connectivity index (χ0n) is 8.65. The minimum absolute atomic E-state index is 0.194. The Labute approximate surface area is 109 Å². The number of halogens is 2. The van der Waals surface area contributed by atoms with Gasteiger partial charge >= 0.3 is 0 Å². The number of nitrogens with two attached hydrogens (primary N) is 1. The van der Waals surface area contributed by atoms with Crippen LogP contribution in [0, 0.1) is 0 Å². The van der Waals surface area contributed by atoms with E-state index >= 15 is 0 Å². The lowest BCUT2D eigenvalue weighted by Gasteiger charge is -2.16. The van der Waals surface area contributed by atoms with Crippen LogP contribution < -0.4 is 5.73 Å². The molecule has 0 aromatic heterocycles. The summed E-state index contributed by atoms with van der Waals surface area (Å²) in [6, 6.07) is 4.48. The van der Waals surface area contributed by atoms with Gasteiger partial charge in [0.25, 0.3) is 0 Å². The summed E-state index contributed by atoms with van der Waals surface area (Å²) in [7, 11) is -1.98. The molecule has 0 amide bonds. The van der Waals surface area contributed by atoms with Crippen molar-refractivity contribution in [2.75, 3.05) is 20.1 Å². The lowest BCUT2D eigenvalue weighted by atomic mass is 10.4. The Morgan fingerprint density at radius 3 is 2.62 bits per heavy atom. The quantitative estimate of drug-likeness (QED) is 0.915. The highest BCUT2D eigenvalue weighted by molar-refractivity contribution is 9.10. The molecule has 16 heavy (non-hydrogen) atoms. The predicted octanol–water partition coefficient (Wildman–Crippen LogP) is 1.68. The SMILES string of the molecule is CN(CCN)S(=O)(=O)c1ccc(Cl)c(Br)c1. The third kappa shape index (κ3) is 2.95. The first-order valence-corrected chi connectivity index (χ1v) is 7.12. The Morgan fingerprint density at radius 2 is 2.12 bits per heavy atom. The number of nitrogens with zero attached hydrogens (tertiary/aromatic N) is 1. The molecule has 0 aliphatic carbocycles. The van der Waals surface area contributed by atoms with E-state index in [1.807, 2.05) is 0 Å². The molecule has 90 valence electrons. The van der Waals surface area contributed by atoms with E-state index in [9.17, 15) is 8.42 Å². The molecule has 4 nitrogen and oxygen atoms in total. The van der Waals surface area contributed by atoms with Crippen LogP contribution in [0.5, 0.6) is 0 Å². The van der Waals surface area contributed by atoms with Crippen molar-refractivity contribution in [2.45, 2.75) is 4.90 Å². The molecular formula is C9H12BrClN2O2S. The molecule has 2 N–H and O–H groups in total. The second-order valence-corrected chi connectivity index (χ2v) is 6.50. The van der Waals surface area contributed by atoms with E-state index in [1.54, 1.807) is 0 Å². The molecular weight excluding hydrogens is 316 g/mol. The molecule has 0 heterocycles. The average Bonchev–Trinajstić information content (AvgIpc) is 2.22. The minimum Gasteiger partial charge on any atom is -0.329 e. The normalized spacial score (nSPS) is 12.1. The summed E-state index contributed by atoms with van der Waals surface area (Å²) in [5.41, 5.74) is 5.32. The largest absolute Gasteiger partial charge is 0.329 e. The highest BCUT2D eigenvalue weighted by atomic mass is 79.9. The van der Waals surface area contributed by atoms with Gasteiger partial charge in [0, 0.05) is 24.6 Å². The number of likely N-dealkylation sites (N-methyl/N-ethyl adjacent to an activating group) is 1. The van der Waals surface area contributed by atoms with Gasteiger partial charge in [-0.1, -0.05) is 11.6 Å². The Kier molecular flexibility index (Phi) is 4.75. The Bertz CT molecular complexity index is 478. The number of hydrogen-bond acceptors (Lipinski definition) is 3. The van der Waals surface area contributed by atoms with E-state index in [4.69, 9.17) is 17.3 Å². The molecule has 0 unspecified atom stereocenters. The summed E-state index contributed by atoms with van der Waals surface area (Å²) in [6.07, 6.45) is 0. The topological polar surface area (TPSA) is 63.4 Å². The Balaban J connectivity index is 3.12. The second kappa shape index (κ2) is 5.46. The fraction of sp³-hybridized carbons (Fsp3) is 0.333. The van der Waals surface area contributed by atoms with Crippen LogP contribution in [-0.4, -0.2) is 32.9 Å². The van der Waals surface area contributed by atoms with Crippen LogP contribution in [0.2, 0.25) is 5.02 Å². The third-order valence-electron chi connectivity index (χ3n) is 2.04. The maximum Gasteiger partial charge on any atom is 0.242 e. The van der Waals surface area contributed by atoms with Crippen LogP contribution in [0.15, 0.2) is 27.6 Å². The van der Waals surface area contributed by atoms with Crippen LogP contribution in [-0.2, 0) is 10.0 Å². The Morgan fingerprint density at radius 1 is 1.50 bits per heavy atom. The van der Waals surface area contributed by atoms with Gasteiger partial charge < -0.3 is 5.73 Å². The zero-order chi connectivity index (χ0) is 12.3. The minimum atomic E-state index is -3.48. The summed E-state index contributed by atoms with van der Waals surface area (Å²) in [5.74, 6) is 0. The maximum absolute atomic E-state index is 12.0. The number of benzene rings is 1. The van der Waals surface area contributed by atoms with Crippen LogP contribution >= 0.6 is 27.5 Å². The summed E-state index contributed by atoms with van der Waals surface area (Å²) in [4.78, 5) is 0.194. The smallest absolute Gasteiger partial charge is 0.242 e. The van der Waals surface area contributed by atoms with Crippen molar-refractivity contribution in [1.82, 2.24) is 4.31 Å². The maximum atomic E-state index is 12.0. The standard InChI is InChI=1S/C9H12BrClN2O2S/c1-13(5-4-12)16(14,15)7-2-3-9(11)8(10)6-7/h2-3,6H,4-5,12H2,1H3. The number of rotatable bonds is 4. The van der Waals surface area contributed by atoms with E-state index in [2.05, 4.69) is 15.9 Å². The van der Waals surface area contributed by atoms with Crippen LogP contribution in [0.4, 0.5) is 0 Å². The molecule has 0 bridgehead atoms. The van der Waals surface area contributed by atoms with E-state index in [0.717, 1.165) is 0 Å². The molecule has 7 heteroatoms. The van der Waals surface area contributed by atoms with Crippen molar-refractivity contribution in [3.8, 4) is 0 Å². The third-order valence-corrected chi connectivity index (χ3v) is 5.11. The molecule has 1 aromatic rings. The van der Waals surface area contributed by atoms with Crippen molar-refractivity contribution in [2.24, 2.45) is 5.73 Å². The van der Waals surface area contributed by atoms with Gasteiger partial charge in [-0.3, -0.25) is 0 Å². The predicted molar refractivity (Wildman–Crippen MR) is 68.0 cm³/mol. The monoisotopic (exact) mass is 326 g/mol. The van der Waals surface area contributed by atoms with Gasteiger partial charge in [-0.05, 0) is 34.1 Å². The van der Waals surface area contributed by atoms with Crippen LogP contribution in [0.25, 0.3) is 0 Å². The van der Waals surface area contributed by atoms with E-state index < -0.39 is 10.0 Å². The molecule has 0 aliphatic heterocycles. The lowest BCUT2D eigenvalue weighted by Crippen LogP contribution is -2.31. The van der Waals surface area contributed by atoms with Gasteiger partial charge in [0.15, 0.2) is 0 Å². The Hall–Kier alpha value is -0.140. The first-order chi connectivity index (χ1) is 7.39. The zero-order valence-corrected chi connectivity index (χ0v) is 11.8. The van der Waals surface area contributed by atoms with Crippen molar-refractivity contribution in [1.29, 1.82) is 0 Å². The molecule has 0 atom stereocenters. The molecule has 0 spiro atoms. The summed E-state index contributed by atoms with van der Waals surface area (Å²) in [6.45, 7) is 0.563. The fourth-order valence-corrected chi connectivity index (χ4v) is 2.98. The summed E-state index contributed by atoms with van der Waals surface area (Å²) < 4.78 is 25.7. The van der Waals surface area contributed by atoms with E-state index in [1.165, 1.54) is 29.6 Å². The lowest BCUT2D eigenvalue weighted by molar-refractivity contribution is 0.476. The summed E-state index contributed by atoms with van der Waals surface area (Å²) in [5, 5.41) is 0.473. The van der Waals surface area contributed by atoms with Gasteiger partial charge in [0.2, 0.25) is 10.0 Å². The van der Waals surface area contributed by atoms with Crippen LogP contribution in [0.1, 0.15) is 0 Å². The highest BCUT2D eigenvalue weighted by Gasteiger charge is 2.20. The van der Waals surface area contributed by atoms with Crippen molar-refractivity contribution in [3.63, 3.8) is 0 Å². The van der Waals surface area contributed by atoms with E-state index in [-0.39, 0.29) is 18.0 Å². The second-order valence-electron chi connectivity index (χ2n) is 3.19. The highest BCUT2D eigenvalue weighted by Crippen LogP contribution is 2.26. The summed E-state index contributed by atoms with van der Waals surface area (Å²) >= 11 is 8.98. The van der Waals surface area contributed by atoms with Crippen molar-refractivity contribution < 1.29 is 8.42 Å². The van der Waals surface area contributed by atoms with Crippen molar-refractivity contribution >= 4 is 37.6 Å². The van der Waals surface area contributed by atoms with Gasteiger partial charge in [-0.25, -0.2) is 8.42 Å². The molecule has 1 rings (SSSR count). The fourth-order valence-electron chi connectivity index (χ4n) is 1.12. The van der Waals surface area contributed by atoms with Gasteiger partial charge in [-0.2, -0.15) is 4.31 Å². The average molecular weight is 328 g/mol. The van der Waals surface area contributed by atoms with E-state index in [0.29, 0.717) is 9.50 Å². The van der Waals surface area contributed by atoms with Crippen molar-refractivity contribution in [3.05, 3.63) is 27.7 Å². The van der Waals surface area contributed by atoms with Gasteiger partial charge in [0.1, 0.15) is 0 Å². The van der Waals surface area contributed by atoms with Crippen LogP contribution in [0.3, 0.4) is 0 Å². The van der Waals surface area contributed by atoms with Gasteiger partial charge in [-0.15, -0.1) is 0 Å². The molecule has 1 aromatic carbocycles. The number of sulfonamides is 1. The number of hydrogen-bond donors (Lipinski definition) is 1. The van der Waals surface area contributed by atoms with Gasteiger partial charge in [0.05, 0.1) is 9.92 Å². The first-order valence-electron chi connectivity index (χ1n) is 4.51. The molecule has 0 saturated heterocycles. The molecule has 0 aliphatic rings.